The molecule has 1 aliphatic rings. The molecular weight excluding hydrogens is 180 g/mol. The molecule has 4 heteroatoms. The van der Waals surface area contributed by atoms with Crippen molar-refractivity contribution in [3.63, 3.8) is 0 Å². The summed E-state index contributed by atoms with van der Waals surface area (Å²) in [6.45, 7) is 7.85. The Morgan fingerprint density at radius 3 is 2.43 bits per heavy atom. The normalized spacial score (nSPS) is 22.8. The van der Waals surface area contributed by atoms with Gasteiger partial charge in [-0.2, -0.15) is 0 Å². The molecule has 80 valence electrons. The zero-order valence-corrected chi connectivity index (χ0v) is 9.11. The van der Waals surface area contributed by atoms with E-state index in [2.05, 4.69) is 5.32 Å². The number of hydrogen-bond acceptors (Lipinski definition) is 2. The fourth-order valence-corrected chi connectivity index (χ4v) is 1.41. The summed E-state index contributed by atoms with van der Waals surface area (Å²) >= 11 is 0. The summed E-state index contributed by atoms with van der Waals surface area (Å²) in [6, 6.07) is -0.131. The van der Waals surface area contributed by atoms with Gasteiger partial charge in [0.1, 0.15) is 0 Å². The minimum atomic E-state index is -0.836. The second-order valence-electron chi connectivity index (χ2n) is 4.14. The first-order chi connectivity index (χ1) is 6.43. The van der Waals surface area contributed by atoms with Crippen molar-refractivity contribution in [2.45, 2.75) is 40.0 Å². The molecular formula is C10H18N2O2. The molecule has 1 rings (SSSR count). The van der Waals surface area contributed by atoms with Crippen LogP contribution in [0.15, 0.2) is 11.8 Å². The Morgan fingerprint density at radius 2 is 2.00 bits per heavy atom. The summed E-state index contributed by atoms with van der Waals surface area (Å²) in [5.41, 5.74) is 0.846. The van der Waals surface area contributed by atoms with Crippen molar-refractivity contribution >= 4 is 6.03 Å². The number of nitrogens with one attached hydrogen (secondary N) is 1. The highest BCUT2D eigenvalue weighted by Gasteiger charge is 2.27. The first-order valence-electron chi connectivity index (χ1n) is 4.92. The third-order valence-electron chi connectivity index (χ3n) is 2.32. The fraction of sp³-hybridized carbons (Fsp3) is 0.700. The topological polar surface area (TPSA) is 52.6 Å². The van der Waals surface area contributed by atoms with Gasteiger partial charge in [0.25, 0.3) is 0 Å². The van der Waals surface area contributed by atoms with Crippen molar-refractivity contribution in [3.8, 4) is 0 Å². The van der Waals surface area contributed by atoms with Crippen LogP contribution in [-0.4, -0.2) is 28.3 Å². The van der Waals surface area contributed by atoms with E-state index in [9.17, 15) is 9.90 Å². The molecule has 1 heterocycles. The first-order valence-corrected chi connectivity index (χ1v) is 4.92. The van der Waals surface area contributed by atoms with E-state index in [0.717, 1.165) is 5.57 Å². The summed E-state index contributed by atoms with van der Waals surface area (Å²) in [5, 5.41) is 12.1. The van der Waals surface area contributed by atoms with Gasteiger partial charge in [0.05, 0.1) is 0 Å². The van der Waals surface area contributed by atoms with Crippen molar-refractivity contribution in [1.82, 2.24) is 10.2 Å². The van der Waals surface area contributed by atoms with Crippen LogP contribution in [0.3, 0.4) is 0 Å². The lowest BCUT2D eigenvalue weighted by atomic mass is 10.0. The maximum absolute atomic E-state index is 11.4. The second-order valence-corrected chi connectivity index (χ2v) is 4.14. The molecule has 4 nitrogen and oxygen atoms in total. The number of rotatable bonds is 2. The lowest BCUT2D eigenvalue weighted by molar-refractivity contribution is 0.130. The molecule has 1 atom stereocenters. The van der Waals surface area contributed by atoms with Crippen molar-refractivity contribution in [3.05, 3.63) is 11.8 Å². The van der Waals surface area contributed by atoms with Crippen LogP contribution in [0.2, 0.25) is 0 Å². The van der Waals surface area contributed by atoms with Crippen LogP contribution < -0.4 is 5.32 Å². The van der Waals surface area contributed by atoms with E-state index in [-0.39, 0.29) is 18.0 Å². The summed E-state index contributed by atoms with van der Waals surface area (Å²) in [7, 11) is 0. The van der Waals surface area contributed by atoms with Crippen LogP contribution in [0.5, 0.6) is 0 Å². The minimum Gasteiger partial charge on any atom is -0.370 e. The molecule has 2 amide bonds. The maximum atomic E-state index is 11.4. The second kappa shape index (κ2) is 4.00. The fourth-order valence-electron chi connectivity index (χ4n) is 1.41. The first kappa shape index (κ1) is 11.0. The number of hydrogen-bond donors (Lipinski definition) is 2. The van der Waals surface area contributed by atoms with Crippen LogP contribution in [0.25, 0.3) is 0 Å². The van der Waals surface area contributed by atoms with Crippen LogP contribution in [0.4, 0.5) is 4.79 Å². The van der Waals surface area contributed by atoms with Crippen molar-refractivity contribution in [2.24, 2.45) is 5.92 Å². The third-order valence-corrected chi connectivity index (χ3v) is 2.32. The van der Waals surface area contributed by atoms with Crippen LogP contribution in [-0.2, 0) is 0 Å². The van der Waals surface area contributed by atoms with Gasteiger partial charge in [-0.25, -0.2) is 4.79 Å². The molecule has 2 N–H and O–H groups in total. The van der Waals surface area contributed by atoms with Gasteiger partial charge in [-0.05, 0) is 25.3 Å². The largest absolute Gasteiger partial charge is 0.370 e. The Hall–Kier alpha value is -1.03. The third kappa shape index (κ3) is 2.07. The summed E-state index contributed by atoms with van der Waals surface area (Å²) in [5.74, 6) is 0.229. The Balaban J connectivity index is 2.93. The van der Waals surface area contributed by atoms with Gasteiger partial charge in [-0.15, -0.1) is 0 Å². The van der Waals surface area contributed by atoms with Gasteiger partial charge >= 0.3 is 6.03 Å². The molecule has 0 fully saturated rings. The summed E-state index contributed by atoms with van der Waals surface area (Å²) in [4.78, 5) is 13.0. The molecule has 0 saturated heterocycles. The van der Waals surface area contributed by atoms with Gasteiger partial charge in [-0.1, -0.05) is 13.8 Å². The van der Waals surface area contributed by atoms with E-state index >= 15 is 0 Å². The Bertz CT molecular complexity index is 259. The van der Waals surface area contributed by atoms with Crippen LogP contribution in [0, 0.1) is 5.92 Å². The zero-order chi connectivity index (χ0) is 10.9. The number of amides is 2. The van der Waals surface area contributed by atoms with E-state index in [1.54, 1.807) is 11.1 Å². The number of nitrogens with zero attached hydrogens (tertiary/aromatic N) is 1. The quantitative estimate of drug-likeness (QED) is 0.702. The monoisotopic (exact) mass is 198 g/mol. The van der Waals surface area contributed by atoms with E-state index < -0.39 is 6.23 Å². The van der Waals surface area contributed by atoms with E-state index in [1.165, 1.54) is 0 Å². The predicted octanol–water partition coefficient (Wildman–Crippen LogP) is 1.28. The Kier molecular flexibility index (Phi) is 3.16. The number of carbonyl (C=O) groups is 1. The number of aliphatic hydroxyl groups excluding tert-OH is 1. The molecule has 14 heavy (non-hydrogen) atoms. The van der Waals surface area contributed by atoms with Gasteiger partial charge in [0, 0.05) is 12.2 Å². The molecule has 0 spiro atoms. The number of carbonyl (C=O) groups excluding carboxylic acids is 1. The predicted molar refractivity (Wildman–Crippen MR) is 54.4 cm³/mol. The van der Waals surface area contributed by atoms with Gasteiger partial charge < -0.3 is 10.4 Å². The van der Waals surface area contributed by atoms with E-state index in [0.29, 0.717) is 0 Å². The molecule has 1 aliphatic heterocycles. The molecule has 0 bridgehead atoms. The van der Waals surface area contributed by atoms with Gasteiger partial charge in [0.15, 0.2) is 6.23 Å². The molecule has 1 unspecified atom stereocenters. The van der Waals surface area contributed by atoms with Crippen LogP contribution >= 0.6 is 0 Å². The minimum absolute atomic E-state index is 0.108. The Labute approximate surface area is 84.6 Å². The molecule has 0 aromatic heterocycles. The zero-order valence-electron chi connectivity index (χ0n) is 9.11. The van der Waals surface area contributed by atoms with Crippen molar-refractivity contribution in [2.75, 3.05) is 0 Å². The van der Waals surface area contributed by atoms with E-state index in [1.807, 2.05) is 27.7 Å². The highest BCUT2D eigenvalue weighted by Crippen LogP contribution is 2.19. The molecule has 0 aromatic carbocycles. The maximum Gasteiger partial charge on any atom is 0.323 e. The SMILES string of the molecule is CC(C)C1=CN(C(C)C)C(=O)NC1O. The standard InChI is InChI=1S/C10H18N2O2/c1-6(2)8-5-12(7(3)4)10(14)11-9(8)13/h5-7,9,13H,1-4H3,(H,11,14). The number of urea groups is 1. The van der Waals surface area contributed by atoms with Crippen molar-refractivity contribution in [1.29, 1.82) is 0 Å². The van der Waals surface area contributed by atoms with E-state index in [4.69, 9.17) is 0 Å². The molecule has 0 radical (unpaired) electrons. The van der Waals surface area contributed by atoms with Gasteiger partial charge in [0.2, 0.25) is 0 Å². The molecule has 0 saturated carbocycles. The highest BCUT2D eigenvalue weighted by atomic mass is 16.3. The molecule has 0 aromatic rings. The summed E-state index contributed by atoms with van der Waals surface area (Å²) in [6.07, 6.45) is 0.913. The lowest BCUT2D eigenvalue weighted by Crippen LogP contribution is -2.50. The number of aliphatic hydroxyl groups is 1. The van der Waals surface area contributed by atoms with Crippen molar-refractivity contribution < 1.29 is 9.90 Å². The lowest BCUT2D eigenvalue weighted by Gasteiger charge is -2.33. The average Bonchev–Trinajstić information content (AvgIpc) is 2.02. The summed E-state index contributed by atoms with van der Waals surface area (Å²) < 4.78 is 0. The highest BCUT2D eigenvalue weighted by molar-refractivity contribution is 5.77. The molecule has 0 aliphatic carbocycles. The average molecular weight is 198 g/mol. The van der Waals surface area contributed by atoms with Crippen LogP contribution in [0.1, 0.15) is 27.7 Å². The smallest absolute Gasteiger partial charge is 0.323 e. The Morgan fingerprint density at radius 1 is 1.43 bits per heavy atom. The van der Waals surface area contributed by atoms with Gasteiger partial charge in [-0.3, -0.25) is 4.90 Å².